The third kappa shape index (κ3) is 8.37. The van der Waals surface area contributed by atoms with Crippen LogP contribution in [0.2, 0.25) is 0 Å². The minimum Gasteiger partial charge on any atom is -0.481 e. The first-order valence-electron chi connectivity index (χ1n) is 16.5. The van der Waals surface area contributed by atoms with E-state index < -0.39 is 53.0 Å². The quantitative estimate of drug-likeness (QED) is 0.165. The van der Waals surface area contributed by atoms with E-state index in [1.807, 2.05) is 0 Å². The fourth-order valence-electron chi connectivity index (χ4n) is 5.82. The number of fused-ring (bicyclic) bond motifs is 4. The Balaban J connectivity index is 0.000000177. The van der Waals surface area contributed by atoms with E-state index in [0.717, 1.165) is 56.3 Å². The predicted octanol–water partition coefficient (Wildman–Crippen LogP) is 6.19. The standard InChI is InChI=1S/C19H12F3N3O3S.C17H10F3N5O3S/c20-19(21,22)10-5-6-15-14(7-10)23-16(29-15)9-25-18(28)12-4-2-1-3-11(12)13(24-25)8-17(26)27;18-17(19,20)8-1-2-11-9(5-8)23-12(29-11)7-25-16(28)15-14(21-3-4-22-15)10(24-25)6-13(26)27/h1-7H,8-9H2,(H,26,27);1-5H,6-7H2,(H,26,27). The molecule has 296 valence electrons. The van der Waals surface area contributed by atoms with Crippen LogP contribution in [0.3, 0.4) is 0 Å². The molecule has 0 saturated heterocycles. The molecule has 0 aliphatic carbocycles. The van der Waals surface area contributed by atoms with E-state index in [0.29, 0.717) is 30.2 Å². The van der Waals surface area contributed by atoms with Crippen molar-refractivity contribution in [2.45, 2.75) is 38.3 Å². The topological polar surface area (TPSA) is 196 Å². The van der Waals surface area contributed by atoms with Crippen molar-refractivity contribution in [1.82, 2.24) is 39.5 Å². The number of carboxylic acid groups (broad SMARTS) is 2. The molecule has 0 radical (unpaired) electrons. The zero-order chi connectivity index (χ0) is 41.5. The summed E-state index contributed by atoms with van der Waals surface area (Å²) in [5, 5.41) is 28.0. The molecule has 5 aromatic heterocycles. The molecule has 0 unspecified atom stereocenters. The lowest BCUT2D eigenvalue weighted by molar-refractivity contribution is -0.138. The first-order valence-corrected chi connectivity index (χ1v) is 18.1. The van der Waals surface area contributed by atoms with Gasteiger partial charge in [-0.05, 0) is 42.5 Å². The fourth-order valence-corrected chi connectivity index (χ4v) is 7.68. The second kappa shape index (κ2) is 15.3. The maximum atomic E-state index is 12.9. The second-order valence-electron chi connectivity index (χ2n) is 12.3. The van der Waals surface area contributed by atoms with E-state index in [9.17, 15) is 45.5 Å². The molecular weight excluding hydrogens is 819 g/mol. The van der Waals surface area contributed by atoms with Crippen molar-refractivity contribution in [2.24, 2.45) is 0 Å². The van der Waals surface area contributed by atoms with Crippen LogP contribution in [0, 0.1) is 0 Å². The summed E-state index contributed by atoms with van der Waals surface area (Å²) in [7, 11) is 0. The lowest BCUT2D eigenvalue weighted by atomic mass is 10.1. The van der Waals surface area contributed by atoms with Gasteiger partial charge in [0.05, 0.1) is 68.6 Å². The monoisotopic (exact) mass is 840 g/mol. The second-order valence-corrected chi connectivity index (χ2v) is 14.6. The molecule has 0 atom stereocenters. The molecule has 2 N–H and O–H groups in total. The maximum Gasteiger partial charge on any atom is 0.416 e. The van der Waals surface area contributed by atoms with Gasteiger partial charge in [-0.2, -0.15) is 36.5 Å². The number of nitrogens with zero attached hydrogens (tertiary/aromatic N) is 8. The number of thiazole rings is 2. The van der Waals surface area contributed by atoms with Crippen molar-refractivity contribution < 1.29 is 46.1 Å². The van der Waals surface area contributed by atoms with Crippen LogP contribution in [0.4, 0.5) is 26.3 Å². The highest BCUT2D eigenvalue weighted by Gasteiger charge is 2.32. The molecule has 0 bridgehead atoms. The highest BCUT2D eigenvalue weighted by atomic mass is 32.1. The number of aliphatic carboxylic acids is 2. The van der Waals surface area contributed by atoms with Crippen LogP contribution >= 0.6 is 22.7 Å². The van der Waals surface area contributed by atoms with Gasteiger partial charge in [-0.1, -0.05) is 18.2 Å². The van der Waals surface area contributed by atoms with Crippen molar-refractivity contribution in [1.29, 1.82) is 0 Å². The SMILES string of the molecule is O=C(O)Cc1nn(Cc2nc3cc(C(F)(F)F)ccc3s2)c(=O)c2ccccc12.O=C(O)Cc1nn(Cc2nc3cc(C(F)(F)F)ccc3s2)c(=O)c2nccnc12. The minimum atomic E-state index is -4.49. The van der Waals surface area contributed by atoms with Crippen LogP contribution in [0.25, 0.3) is 42.2 Å². The van der Waals surface area contributed by atoms with Gasteiger partial charge in [-0.3, -0.25) is 24.2 Å². The molecule has 0 saturated carbocycles. The van der Waals surface area contributed by atoms with E-state index >= 15 is 0 Å². The molecule has 8 rings (SSSR count). The Kier molecular flexibility index (Phi) is 10.5. The van der Waals surface area contributed by atoms with Crippen molar-refractivity contribution in [3.05, 3.63) is 126 Å². The van der Waals surface area contributed by atoms with E-state index in [4.69, 9.17) is 10.2 Å². The Labute approximate surface area is 326 Å². The van der Waals surface area contributed by atoms with Gasteiger partial charge in [-0.25, -0.2) is 24.3 Å². The average molecular weight is 841 g/mol. The number of hydrogen-bond donors (Lipinski definition) is 2. The highest BCUT2D eigenvalue weighted by molar-refractivity contribution is 7.18. The predicted molar refractivity (Wildman–Crippen MR) is 198 cm³/mol. The largest absolute Gasteiger partial charge is 0.481 e. The highest BCUT2D eigenvalue weighted by Crippen LogP contribution is 2.34. The van der Waals surface area contributed by atoms with Crippen LogP contribution in [-0.4, -0.2) is 61.6 Å². The summed E-state index contributed by atoms with van der Waals surface area (Å²) in [6, 6.07) is 13.1. The molecule has 5 heterocycles. The zero-order valence-electron chi connectivity index (χ0n) is 28.9. The normalized spacial score (nSPS) is 12.0. The van der Waals surface area contributed by atoms with Gasteiger partial charge in [0.2, 0.25) is 0 Å². The number of aromatic nitrogens is 8. The molecular formula is C36H22F6N8O6S2. The molecule has 58 heavy (non-hydrogen) atoms. The van der Waals surface area contributed by atoms with E-state index in [-0.39, 0.29) is 53.0 Å². The molecule has 0 fully saturated rings. The smallest absolute Gasteiger partial charge is 0.416 e. The number of halogens is 6. The van der Waals surface area contributed by atoms with Crippen LogP contribution in [0.5, 0.6) is 0 Å². The Morgan fingerprint density at radius 1 is 0.621 bits per heavy atom. The summed E-state index contributed by atoms with van der Waals surface area (Å²) in [5.41, 5.74) is -1.97. The Morgan fingerprint density at radius 2 is 1.09 bits per heavy atom. The number of carbonyl (C=O) groups is 2. The van der Waals surface area contributed by atoms with Gasteiger partial charge in [-0.15, -0.1) is 22.7 Å². The van der Waals surface area contributed by atoms with Crippen LogP contribution < -0.4 is 11.1 Å². The molecule has 0 amide bonds. The van der Waals surface area contributed by atoms with Crippen LogP contribution in [0.1, 0.15) is 32.5 Å². The molecule has 0 aliphatic heterocycles. The first-order chi connectivity index (χ1) is 27.4. The summed E-state index contributed by atoms with van der Waals surface area (Å²) >= 11 is 2.27. The van der Waals surface area contributed by atoms with Gasteiger partial charge in [0.1, 0.15) is 21.2 Å². The van der Waals surface area contributed by atoms with E-state index in [2.05, 4.69) is 30.1 Å². The molecule has 3 aromatic carbocycles. The lowest BCUT2D eigenvalue weighted by Crippen LogP contribution is -2.27. The number of benzene rings is 3. The summed E-state index contributed by atoms with van der Waals surface area (Å²) in [5.74, 6) is -2.25. The van der Waals surface area contributed by atoms with Gasteiger partial charge in [0.25, 0.3) is 11.1 Å². The molecule has 0 spiro atoms. The fraction of sp³-hybridized carbons (Fsp3) is 0.167. The maximum absolute atomic E-state index is 12.9. The summed E-state index contributed by atoms with van der Waals surface area (Å²) < 4.78 is 80.5. The molecule has 0 aliphatic rings. The zero-order valence-corrected chi connectivity index (χ0v) is 30.6. The molecule has 14 nitrogen and oxygen atoms in total. The number of hydrogen-bond acceptors (Lipinski definition) is 12. The van der Waals surface area contributed by atoms with Crippen LogP contribution in [-0.2, 0) is 47.9 Å². The van der Waals surface area contributed by atoms with Crippen LogP contribution in [0.15, 0.2) is 82.6 Å². The Hall–Kier alpha value is -6.68. The minimum absolute atomic E-state index is 0.0424. The number of rotatable bonds is 8. The Morgan fingerprint density at radius 3 is 1.60 bits per heavy atom. The van der Waals surface area contributed by atoms with Crippen molar-refractivity contribution in [2.75, 3.05) is 0 Å². The summed E-state index contributed by atoms with van der Waals surface area (Å²) in [4.78, 5) is 64.0. The number of carboxylic acids is 2. The van der Waals surface area contributed by atoms with Crippen molar-refractivity contribution in [3.8, 4) is 0 Å². The molecule has 8 aromatic rings. The third-order valence-electron chi connectivity index (χ3n) is 8.32. The first kappa shape index (κ1) is 39.6. The average Bonchev–Trinajstić information content (AvgIpc) is 3.77. The van der Waals surface area contributed by atoms with E-state index in [1.165, 1.54) is 24.5 Å². The van der Waals surface area contributed by atoms with Gasteiger partial charge >= 0.3 is 24.3 Å². The van der Waals surface area contributed by atoms with Gasteiger partial charge < -0.3 is 10.2 Å². The number of alkyl halides is 6. The summed E-state index contributed by atoms with van der Waals surface area (Å²) in [6.45, 7) is -0.213. The van der Waals surface area contributed by atoms with Crippen molar-refractivity contribution in [3.63, 3.8) is 0 Å². The Bertz CT molecular complexity index is 2830. The van der Waals surface area contributed by atoms with Crippen molar-refractivity contribution >= 4 is 76.9 Å². The lowest BCUT2D eigenvalue weighted by Gasteiger charge is -2.08. The van der Waals surface area contributed by atoms with Gasteiger partial charge in [0.15, 0.2) is 5.52 Å². The third-order valence-corrected chi connectivity index (χ3v) is 10.4. The van der Waals surface area contributed by atoms with Gasteiger partial charge in [0, 0.05) is 17.8 Å². The summed E-state index contributed by atoms with van der Waals surface area (Å²) in [6.07, 6.45) is -7.17. The molecule has 22 heteroatoms. The van der Waals surface area contributed by atoms with E-state index in [1.54, 1.807) is 24.3 Å².